The molecule has 1 aromatic heterocycles. The normalized spacial score (nSPS) is 26.4. The highest BCUT2D eigenvalue weighted by molar-refractivity contribution is 5.79. The molecule has 0 spiro atoms. The van der Waals surface area contributed by atoms with Crippen LogP contribution in [0.3, 0.4) is 0 Å². The first-order chi connectivity index (χ1) is 11.2. The lowest BCUT2D eigenvalue weighted by molar-refractivity contribution is -0.135. The number of aromatic nitrogens is 1. The van der Waals surface area contributed by atoms with Crippen molar-refractivity contribution in [3.05, 3.63) is 17.5 Å². The van der Waals surface area contributed by atoms with Gasteiger partial charge in [-0.3, -0.25) is 4.79 Å². The van der Waals surface area contributed by atoms with Gasteiger partial charge in [-0.05, 0) is 19.8 Å². The lowest BCUT2D eigenvalue weighted by Gasteiger charge is -2.22. The lowest BCUT2D eigenvalue weighted by Crippen LogP contribution is -2.35. The maximum atomic E-state index is 12.9. The molecule has 1 aliphatic heterocycles. The Hall–Kier alpha value is -1.36. The smallest absolute Gasteiger partial charge is 0.225 e. The van der Waals surface area contributed by atoms with Crippen LogP contribution in [0, 0.1) is 18.8 Å². The Bertz CT molecular complexity index is 520. The van der Waals surface area contributed by atoms with E-state index in [9.17, 15) is 4.79 Å². The van der Waals surface area contributed by atoms with E-state index in [-0.39, 0.29) is 12.0 Å². The maximum Gasteiger partial charge on any atom is 0.225 e. The van der Waals surface area contributed by atoms with E-state index < -0.39 is 0 Å². The van der Waals surface area contributed by atoms with Crippen LogP contribution in [0.25, 0.3) is 0 Å². The Morgan fingerprint density at radius 2 is 2.04 bits per heavy atom. The van der Waals surface area contributed by atoms with Crippen LogP contribution in [0.1, 0.15) is 50.0 Å². The van der Waals surface area contributed by atoms with E-state index in [2.05, 4.69) is 5.16 Å². The first-order valence-electron chi connectivity index (χ1n) is 8.91. The quantitative estimate of drug-likeness (QED) is 0.800. The van der Waals surface area contributed by atoms with Crippen molar-refractivity contribution >= 4 is 5.91 Å². The second kappa shape index (κ2) is 7.47. The molecule has 0 radical (unpaired) electrons. The molecule has 1 aliphatic carbocycles. The minimum absolute atomic E-state index is 0.0927. The van der Waals surface area contributed by atoms with Gasteiger partial charge in [-0.1, -0.05) is 30.8 Å². The number of aryl methyl sites for hydroxylation is 1. The molecule has 2 atom stereocenters. The van der Waals surface area contributed by atoms with E-state index >= 15 is 0 Å². The average Bonchev–Trinajstić information content (AvgIpc) is 3.03. The van der Waals surface area contributed by atoms with Gasteiger partial charge in [0.1, 0.15) is 5.76 Å². The van der Waals surface area contributed by atoms with Gasteiger partial charge >= 0.3 is 0 Å². The molecule has 1 saturated carbocycles. The second-order valence-electron chi connectivity index (χ2n) is 7.10. The first-order valence-corrected chi connectivity index (χ1v) is 8.91. The van der Waals surface area contributed by atoms with Crippen molar-refractivity contribution in [3.8, 4) is 0 Å². The molecule has 23 heavy (non-hydrogen) atoms. The number of carbonyl (C=O) groups excluding carboxylic acids is 1. The standard InChI is InChI=1S/C18H28N2O3/c1-13-9-16(23-19-13)10-15-11-20(12-17(15)22-2)18(21)14-7-5-3-4-6-8-14/h9,14-15,17H,3-8,10-12H2,1-2H3/t15-,17+/m1/s1. The van der Waals surface area contributed by atoms with E-state index in [0.29, 0.717) is 18.4 Å². The molecule has 3 rings (SSSR count). The number of methoxy groups -OCH3 is 1. The monoisotopic (exact) mass is 320 g/mol. The summed E-state index contributed by atoms with van der Waals surface area (Å²) in [6, 6.07) is 1.97. The van der Waals surface area contributed by atoms with Crippen LogP contribution < -0.4 is 0 Å². The summed E-state index contributed by atoms with van der Waals surface area (Å²) in [5.74, 6) is 1.74. The van der Waals surface area contributed by atoms with Crippen molar-refractivity contribution in [3.63, 3.8) is 0 Å². The number of rotatable bonds is 4. The van der Waals surface area contributed by atoms with E-state index in [1.807, 2.05) is 17.9 Å². The van der Waals surface area contributed by atoms with Gasteiger partial charge in [0.2, 0.25) is 5.91 Å². The second-order valence-corrected chi connectivity index (χ2v) is 7.10. The summed E-state index contributed by atoms with van der Waals surface area (Å²) in [7, 11) is 1.74. The van der Waals surface area contributed by atoms with Gasteiger partial charge in [-0.15, -0.1) is 0 Å². The van der Waals surface area contributed by atoms with Gasteiger partial charge in [-0.25, -0.2) is 0 Å². The minimum atomic E-state index is 0.0927. The molecule has 0 N–H and O–H groups in total. The van der Waals surface area contributed by atoms with Crippen molar-refractivity contribution in [2.24, 2.45) is 11.8 Å². The fraction of sp³-hybridized carbons (Fsp3) is 0.778. The Morgan fingerprint density at radius 3 is 2.65 bits per heavy atom. The van der Waals surface area contributed by atoms with Gasteiger partial charge in [0.15, 0.2) is 0 Å². The van der Waals surface area contributed by atoms with Crippen molar-refractivity contribution in [2.45, 2.75) is 58.0 Å². The number of carbonyl (C=O) groups is 1. The molecule has 5 nitrogen and oxygen atoms in total. The molecule has 5 heteroatoms. The van der Waals surface area contributed by atoms with E-state index in [1.165, 1.54) is 25.7 Å². The summed E-state index contributed by atoms with van der Waals surface area (Å²) in [6.45, 7) is 3.41. The molecular weight excluding hydrogens is 292 g/mol. The third kappa shape index (κ3) is 3.94. The number of amides is 1. The maximum absolute atomic E-state index is 12.9. The van der Waals surface area contributed by atoms with Crippen molar-refractivity contribution in [2.75, 3.05) is 20.2 Å². The van der Waals surface area contributed by atoms with Crippen LogP contribution in [0.2, 0.25) is 0 Å². The van der Waals surface area contributed by atoms with Crippen LogP contribution >= 0.6 is 0 Å². The Morgan fingerprint density at radius 1 is 1.30 bits per heavy atom. The predicted molar refractivity (Wildman–Crippen MR) is 87.0 cm³/mol. The van der Waals surface area contributed by atoms with Crippen LogP contribution in [0.15, 0.2) is 10.6 Å². The van der Waals surface area contributed by atoms with Crippen molar-refractivity contribution in [1.29, 1.82) is 0 Å². The largest absolute Gasteiger partial charge is 0.379 e. The highest BCUT2D eigenvalue weighted by Gasteiger charge is 2.38. The third-order valence-electron chi connectivity index (χ3n) is 5.34. The van der Waals surface area contributed by atoms with Crippen LogP contribution in [0.5, 0.6) is 0 Å². The van der Waals surface area contributed by atoms with Crippen molar-refractivity contribution in [1.82, 2.24) is 10.1 Å². The van der Waals surface area contributed by atoms with Crippen LogP contribution in [0.4, 0.5) is 0 Å². The fourth-order valence-corrected chi connectivity index (χ4v) is 4.04. The Kier molecular flexibility index (Phi) is 5.36. The molecule has 0 unspecified atom stereocenters. The van der Waals surface area contributed by atoms with Gasteiger partial charge in [-0.2, -0.15) is 0 Å². The zero-order valence-electron chi connectivity index (χ0n) is 14.3. The number of hydrogen-bond donors (Lipinski definition) is 0. The summed E-state index contributed by atoms with van der Waals surface area (Å²) >= 11 is 0. The topological polar surface area (TPSA) is 55.6 Å². The number of hydrogen-bond acceptors (Lipinski definition) is 4. The molecule has 1 saturated heterocycles. The van der Waals surface area contributed by atoms with Gasteiger partial charge in [0, 0.05) is 44.5 Å². The Balaban J connectivity index is 1.62. The van der Waals surface area contributed by atoms with E-state index in [0.717, 1.165) is 37.3 Å². The summed E-state index contributed by atoms with van der Waals surface area (Å²) in [5, 5.41) is 3.95. The van der Waals surface area contributed by atoms with Gasteiger partial charge < -0.3 is 14.2 Å². The molecule has 0 bridgehead atoms. The van der Waals surface area contributed by atoms with Gasteiger partial charge in [0.05, 0.1) is 11.8 Å². The molecule has 2 aliphatic rings. The summed E-state index contributed by atoms with van der Waals surface area (Å²) in [6.07, 6.45) is 7.93. The SMILES string of the molecule is CO[C@H]1CN(C(=O)C2CCCCCC2)C[C@H]1Cc1cc(C)no1. The highest BCUT2D eigenvalue weighted by atomic mass is 16.5. The molecule has 2 heterocycles. The summed E-state index contributed by atoms with van der Waals surface area (Å²) < 4.78 is 11.0. The molecular formula is C18H28N2O3. The first kappa shape index (κ1) is 16.5. The molecule has 128 valence electrons. The summed E-state index contributed by atoms with van der Waals surface area (Å²) in [5.41, 5.74) is 0.901. The minimum Gasteiger partial charge on any atom is -0.379 e. The highest BCUT2D eigenvalue weighted by Crippen LogP contribution is 2.29. The molecule has 0 aromatic carbocycles. The molecule has 2 fully saturated rings. The zero-order valence-corrected chi connectivity index (χ0v) is 14.3. The van der Waals surface area contributed by atoms with Crippen LogP contribution in [-0.4, -0.2) is 42.3 Å². The van der Waals surface area contributed by atoms with Gasteiger partial charge in [0.25, 0.3) is 0 Å². The van der Waals surface area contributed by atoms with E-state index in [1.54, 1.807) is 7.11 Å². The summed E-state index contributed by atoms with van der Waals surface area (Å²) in [4.78, 5) is 14.9. The van der Waals surface area contributed by atoms with Crippen LogP contribution in [-0.2, 0) is 16.0 Å². The fourth-order valence-electron chi connectivity index (χ4n) is 4.04. The average molecular weight is 320 g/mol. The zero-order chi connectivity index (χ0) is 16.2. The third-order valence-corrected chi connectivity index (χ3v) is 5.34. The molecule has 1 aromatic rings. The predicted octanol–water partition coefficient (Wildman–Crippen LogP) is 2.97. The van der Waals surface area contributed by atoms with E-state index in [4.69, 9.17) is 9.26 Å². The number of likely N-dealkylation sites (tertiary alicyclic amines) is 1. The Labute approximate surface area is 138 Å². The van der Waals surface area contributed by atoms with Crippen molar-refractivity contribution < 1.29 is 14.1 Å². The number of nitrogens with zero attached hydrogens (tertiary/aromatic N) is 2. The number of ether oxygens (including phenoxy) is 1. The lowest BCUT2D eigenvalue weighted by atomic mass is 9.98. The molecule has 1 amide bonds.